The number of aromatic nitrogens is 1. The summed E-state index contributed by atoms with van der Waals surface area (Å²) in [7, 11) is 0. The molecule has 0 saturated carbocycles. The maximum atomic E-state index is 12.0. The summed E-state index contributed by atoms with van der Waals surface area (Å²) in [6.45, 7) is 9.41. The van der Waals surface area contributed by atoms with Gasteiger partial charge in [-0.3, -0.25) is 4.57 Å². The molecule has 0 radical (unpaired) electrons. The van der Waals surface area contributed by atoms with Crippen molar-refractivity contribution < 1.29 is 14.6 Å². The molecule has 0 amide bonds. The van der Waals surface area contributed by atoms with E-state index in [4.69, 9.17) is 9.84 Å². The van der Waals surface area contributed by atoms with E-state index in [1.54, 1.807) is 6.20 Å². The van der Waals surface area contributed by atoms with E-state index in [1.165, 1.54) is 4.57 Å². The topological polar surface area (TPSA) is 51.5 Å². The maximum absolute atomic E-state index is 12.0. The minimum atomic E-state index is -0.519. The first-order valence-corrected chi connectivity index (χ1v) is 5.80. The zero-order chi connectivity index (χ0) is 13.2. The molecule has 0 aliphatic carbocycles. The lowest BCUT2D eigenvalue weighted by atomic mass is 10.1. The minimum Gasteiger partial charge on any atom is -0.443 e. The van der Waals surface area contributed by atoms with Gasteiger partial charge >= 0.3 is 6.09 Å². The molecule has 0 unspecified atom stereocenters. The lowest BCUT2D eigenvalue weighted by molar-refractivity contribution is 0.0531. The smallest absolute Gasteiger partial charge is 0.418 e. The van der Waals surface area contributed by atoms with E-state index >= 15 is 0 Å². The molecule has 1 aromatic heterocycles. The van der Waals surface area contributed by atoms with Crippen LogP contribution in [0.3, 0.4) is 0 Å². The van der Waals surface area contributed by atoms with Gasteiger partial charge in [-0.15, -0.1) is 0 Å². The number of aliphatic hydroxyl groups excluding tert-OH is 1. The van der Waals surface area contributed by atoms with Crippen molar-refractivity contribution in [3.8, 4) is 0 Å². The number of rotatable bonds is 2. The number of aliphatic hydroxyl groups is 1. The van der Waals surface area contributed by atoms with E-state index in [1.807, 2.05) is 40.7 Å². The Morgan fingerprint density at radius 3 is 2.47 bits per heavy atom. The van der Waals surface area contributed by atoms with Crippen molar-refractivity contribution in [2.24, 2.45) is 0 Å². The van der Waals surface area contributed by atoms with Crippen LogP contribution in [0.15, 0.2) is 12.3 Å². The van der Waals surface area contributed by atoms with Crippen molar-refractivity contribution in [2.45, 2.75) is 52.7 Å². The van der Waals surface area contributed by atoms with Gasteiger partial charge in [-0.1, -0.05) is 13.8 Å². The monoisotopic (exact) mass is 239 g/mol. The Labute approximate surface area is 102 Å². The summed E-state index contributed by atoms with van der Waals surface area (Å²) in [4.78, 5) is 12.0. The van der Waals surface area contributed by atoms with Gasteiger partial charge in [0.1, 0.15) is 5.60 Å². The van der Waals surface area contributed by atoms with Crippen molar-refractivity contribution in [1.82, 2.24) is 4.57 Å². The molecule has 1 N–H and O–H groups in total. The second-order valence-corrected chi connectivity index (χ2v) is 5.44. The highest BCUT2D eigenvalue weighted by atomic mass is 16.6. The lowest BCUT2D eigenvalue weighted by Crippen LogP contribution is -2.27. The van der Waals surface area contributed by atoms with Crippen LogP contribution in [-0.2, 0) is 11.3 Å². The summed E-state index contributed by atoms with van der Waals surface area (Å²) in [6.07, 6.45) is 1.23. The normalized spacial score (nSPS) is 11.9. The van der Waals surface area contributed by atoms with Gasteiger partial charge in [0.15, 0.2) is 0 Å². The van der Waals surface area contributed by atoms with Gasteiger partial charge in [-0.25, -0.2) is 4.79 Å². The molecule has 0 atom stereocenters. The molecule has 1 rings (SSSR count). The van der Waals surface area contributed by atoms with Crippen molar-refractivity contribution in [1.29, 1.82) is 0 Å². The van der Waals surface area contributed by atoms with Gasteiger partial charge in [-0.2, -0.15) is 0 Å². The van der Waals surface area contributed by atoms with E-state index in [2.05, 4.69) is 0 Å². The highest BCUT2D eigenvalue weighted by molar-refractivity contribution is 5.72. The van der Waals surface area contributed by atoms with Crippen molar-refractivity contribution in [2.75, 3.05) is 0 Å². The van der Waals surface area contributed by atoms with Gasteiger partial charge < -0.3 is 9.84 Å². The Hall–Kier alpha value is -1.29. The number of carbonyl (C=O) groups excluding carboxylic acids is 1. The fourth-order valence-electron chi connectivity index (χ4n) is 1.54. The van der Waals surface area contributed by atoms with Gasteiger partial charge in [0, 0.05) is 11.9 Å². The van der Waals surface area contributed by atoms with E-state index in [0.717, 1.165) is 11.3 Å². The molecule has 17 heavy (non-hydrogen) atoms. The Kier molecular flexibility index (Phi) is 3.98. The summed E-state index contributed by atoms with van der Waals surface area (Å²) in [6, 6.07) is 1.83. The van der Waals surface area contributed by atoms with Crippen LogP contribution in [0, 0.1) is 0 Å². The molecule has 1 aromatic rings. The standard InChI is InChI=1S/C13H21NO3/c1-9(2)11-6-10(8-15)7-14(11)12(16)17-13(3,4)5/h6-7,9,15H,8H2,1-5H3. The van der Waals surface area contributed by atoms with Gasteiger partial charge in [0.2, 0.25) is 0 Å². The summed E-state index contributed by atoms with van der Waals surface area (Å²) < 4.78 is 6.79. The van der Waals surface area contributed by atoms with E-state index in [9.17, 15) is 4.79 Å². The number of carbonyl (C=O) groups is 1. The number of nitrogens with zero attached hydrogens (tertiary/aromatic N) is 1. The molecule has 0 aliphatic rings. The van der Waals surface area contributed by atoms with Crippen LogP contribution in [0.1, 0.15) is 51.8 Å². The minimum absolute atomic E-state index is 0.0739. The average Bonchev–Trinajstić information content (AvgIpc) is 2.58. The van der Waals surface area contributed by atoms with Crippen LogP contribution in [0.25, 0.3) is 0 Å². The van der Waals surface area contributed by atoms with E-state index in [0.29, 0.717) is 0 Å². The van der Waals surface area contributed by atoms with Crippen LogP contribution in [0.5, 0.6) is 0 Å². The zero-order valence-corrected chi connectivity index (χ0v) is 11.2. The maximum Gasteiger partial charge on any atom is 0.418 e. The summed E-state index contributed by atoms with van der Waals surface area (Å²) in [5, 5.41) is 9.11. The molecule has 0 spiro atoms. The largest absolute Gasteiger partial charge is 0.443 e. The van der Waals surface area contributed by atoms with E-state index in [-0.39, 0.29) is 12.5 Å². The van der Waals surface area contributed by atoms with Gasteiger partial charge in [0.05, 0.1) is 6.61 Å². The highest BCUT2D eigenvalue weighted by Gasteiger charge is 2.21. The fourth-order valence-corrected chi connectivity index (χ4v) is 1.54. The molecule has 0 aliphatic heterocycles. The number of ether oxygens (including phenoxy) is 1. The molecule has 4 nitrogen and oxygen atoms in total. The first-order valence-electron chi connectivity index (χ1n) is 5.80. The third kappa shape index (κ3) is 3.60. The zero-order valence-electron chi connectivity index (χ0n) is 11.2. The fraction of sp³-hybridized carbons (Fsp3) is 0.615. The third-order valence-corrected chi connectivity index (χ3v) is 2.27. The Balaban J connectivity index is 3.03. The van der Waals surface area contributed by atoms with Crippen LogP contribution in [0.4, 0.5) is 4.79 Å². The molecule has 0 fully saturated rings. The average molecular weight is 239 g/mol. The predicted molar refractivity (Wildman–Crippen MR) is 66.1 cm³/mol. The highest BCUT2D eigenvalue weighted by Crippen LogP contribution is 2.20. The SMILES string of the molecule is CC(C)c1cc(CO)cn1C(=O)OC(C)(C)C. The summed E-state index contributed by atoms with van der Waals surface area (Å²) in [5.41, 5.74) is 1.05. The first kappa shape index (κ1) is 13.8. The number of hydrogen-bond acceptors (Lipinski definition) is 3. The molecule has 96 valence electrons. The summed E-state index contributed by atoms with van der Waals surface area (Å²) in [5.74, 6) is 0.197. The first-order chi connectivity index (χ1) is 7.74. The lowest BCUT2D eigenvalue weighted by Gasteiger charge is -2.21. The van der Waals surface area contributed by atoms with Crippen LogP contribution in [0.2, 0.25) is 0 Å². The molecule has 4 heteroatoms. The number of hydrogen-bond donors (Lipinski definition) is 1. The van der Waals surface area contributed by atoms with Crippen LogP contribution >= 0.6 is 0 Å². The molecule has 0 saturated heterocycles. The van der Waals surface area contributed by atoms with E-state index < -0.39 is 11.7 Å². The van der Waals surface area contributed by atoms with Crippen molar-refractivity contribution in [3.05, 3.63) is 23.5 Å². The molecule has 0 aromatic carbocycles. The quantitative estimate of drug-likeness (QED) is 0.863. The van der Waals surface area contributed by atoms with Crippen LogP contribution < -0.4 is 0 Å². The Morgan fingerprint density at radius 2 is 2.06 bits per heavy atom. The third-order valence-electron chi connectivity index (χ3n) is 2.27. The predicted octanol–water partition coefficient (Wildman–Crippen LogP) is 2.89. The van der Waals surface area contributed by atoms with Crippen molar-refractivity contribution >= 4 is 6.09 Å². The second-order valence-electron chi connectivity index (χ2n) is 5.44. The Morgan fingerprint density at radius 1 is 1.47 bits per heavy atom. The molecular formula is C13H21NO3. The van der Waals surface area contributed by atoms with Gasteiger partial charge in [0.25, 0.3) is 0 Å². The Bertz CT molecular complexity index is 399. The molecule has 1 heterocycles. The second kappa shape index (κ2) is 4.92. The van der Waals surface area contributed by atoms with Gasteiger partial charge in [-0.05, 0) is 38.3 Å². The van der Waals surface area contributed by atoms with Crippen LogP contribution in [-0.4, -0.2) is 21.4 Å². The summed E-state index contributed by atoms with van der Waals surface area (Å²) >= 11 is 0. The molecular weight excluding hydrogens is 218 g/mol. The molecule has 0 bridgehead atoms. The van der Waals surface area contributed by atoms with Crippen molar-refractivity contribution in [3.63, 3.8) is 0 Å².